The molecule has 0 bridgehead atoms. The van der Waals surface area contributed by atoms with E-state index in [1.807, 2.05) is 0 Å². The van der Waals surface area contributed by atoms with Crippen LogP contribution in [0.2, 0.25) is 0 Å². The fourth-order valence-electron chi connectivity index (χ4n) is 0.985. The van der Waals surface area contributed by atoms with Gasteiger partial charge >= 0.3 is 0 Å². The Hall–Kier alpha value is -0.410. The van der Waals surface area contributed by atoms with Gasteiger partial charge in [0.1, 0.15) is 12.2 Å². The highest BCUT2D eigenvalue weighted by Crippen LogP contribution is 2.13. The number of hydrogen-bond acceptors (Lipinski definition) is 3. The molecule has 0 aromatic heterocycles. The average Bonchev–Trinajstić information content (AvgIpc) is 1.98. The molecule has 0 aliphatic carbocycles. The second kappa shape index (κ2) is 2.08. The molecule has 9 heavy (non-hydrogen) atoms. The van der Waals surface area contributed by atoms with Crippen LogP contribution in [0.4, 0.5) is 0 Å². The maximum absolute atomic E-state index is 9.07. The van der Waals surface area contributed by atoms with Gasteiger partial charge in [-0.15, -0.1) is 0 Å². The predicted molar refractivity (Wildman–Crippen MR) is 34.6 cm³/mol. The fourth-order valence-corrected chi connectivity index (χ4v) is 0.985. The summed E-state index contributed by atoms with van der Waals surface area (Å²) in [5.74, 6) is 0. The zero-order valence-electron chi connectivity index (χ0n) is 5.57. The summed E-state index contributed by atoms with van der Waals surface area (Å²) in [5.41, 5.74) is 0.634. The Morgan fingerprint density at radius 2 is 2.00 bits per heavy atom. The highest BCUT2D eigenvalue weighted by Gasteiger charge is 2.30. The van der Waals surface area contributed by atoms with E-state index < -0.39 is 12.2 Å². The van der Waals surface area contributed by atoms with Crippen molar-refractivity contribution >= 4 is 5.71 Å². The van der Waals surface area contributed by atoms with Crippen LogP contribution in [0.3, 0.4) is 0 Å². The summed E-state index contributed by atoms with van der Waals surface area (Å²) in [6, 6.07) is -0.139. The van der Waals surface area contributed by atoms with E-state index in [2.05, 4.69) is 4.99 Å². The van der Waals surface area contributed by atoms with E-state index in [9.17, 15) is 0 Å². The zero-order chi connectivity index (χ0) is 7.02. The molecule has 1 rings (SSSR count). The van der Waals surface area contributed by atoms with Crippen LogP contribution in [0, 0.1) is 0 Å². The lowest BCUT2D eigenvalue weighted by atomic mass is 10.1. The first kappa shape index (κ1) is 6.71. The van der Waals surface area contributed by atoms with E-state index in [-0.39, 0.29) is 6.04 Å². The van der Waals surface area contributed by atoms with E-state index >= 15 is 0 Å². The Bertz CT molecular complexity index is 144. The van der Waals surface area contributed by atoms with Gasteiger partial charge in [-0.1, -0.05) is 0 Å². The van der Waals surface area contributed by atoms with E-state index in [1.165, 1.54) is 0 Å². The molecule has 1 unspecified atom stereocenters. The average molecular weight is 129 g/mol. The Morgan fingerprint density at radius 1 is 1.44 bits per heavy atom. The van der Waals surface area contributed by atoms with Gasteiger partial charge in [0, 0.05) is 5.71 Å². The molecule has 0 aromatic rings. The lowest BCUT2D eigenvalue weighted by Gasteiger charge is -2.09. The zero-order valence-corrected chi connectivity index (χ0v) is 5.57. The Kier molecular flexibility index (Phi) is 1.55. The maximum atomic E-state index is 9.07. The van der Waals surface area contributed by atoms with Crippen LogP contribution in [0.15, 0.2) is 4.99 Å². The molecule has 1 aliphatic rings. The first-order valence-electron chi connectivity index (χ1n) is 3.03. The second-order valence-corrected chi connectivity index (χ2v) is 2.45. The minimum Gasteiger partial charge on any atom is -0.388 e. The van der Waals surface area contributed by atoms with Gasteiger partial charge < -0.3 is 10.2 Å². The maximum Gasteiger partial charge on any atom is 0.119 e. The molecule has 0 saturated heterocycles. The SMILES string of the molecule is CC1=NC(C)[C@H](O)[C@H]1O. The molecule has 1 aliphatic heterocycles. The van der Waals surface area contributed by atoms with E-state index in [0.29, 0.717) is 5.71 Å². The highest BCUT2D eigenvalue weighted by molar-refractivity contribution is 5.88. The van der Waals surface area contributed by atoms with Crippen LogP contribution in [0.1, 0.15) is 13.8 Å². The summed E-state index contributed by atoms with van der Waals surface area (Å²) >= 11 is 0. The third-order valence-corrected chi connectivity index (χ3v) is 1.65. The molecular weight excluding hydrogens is 118 g/mol. The molecule has 3 nitrogen and oxygen atoms in total. The molecule has 0 saturated carbocycles. The summed E-state index contributed by atoms with van der Waals surface area (Å²) in [4.78, 5) is 3.97. The molecule has 0 fully saturated rings. The molecule has 0 amide bonds. The first-order valence-corrected chi connectivity index (χ1v) is 3.03. The van der Waals surface area contributed by atoms with Crippen molar-refractivity contribution < 1.29 is 10.2 Å². The van der Waals surface area contributed by atoms with Crippen LogP contribution < -0.4 is 0 Å². The number of aliphatic hydroxyl groups is 2. The van der Waals surface area contributed by atoms with Crippen molar-refractivity contribution in [3.05, 3.63) is 0 Å². The molecule has 0 spiro atoms. The molecule has 0 aromatic carbocycles. The highest BCUT2D eigenvalue weighted by atomic mass is 16.3. The fraction of sp³-hybridized carbons (Fsp3) is 0.833. The standard InChI is InChI=1S/C6H11NO2/c1-3-5(8)6(9)4(2)7-3/h3,5-6,8-9H,1-2H3/t3?,5-,6-/m0/s1. The number of hydrogen-bond donors (Lipinski definition) is 2. The van der Waals surface area contributed by atoms with Gasteiger partial charge in [-0.05, 0) is 13.8 Å². The van der Waals surface area contributed by atoms with Crippen molar-refractivity contribution in [1.82, 2.24) is 0 Å². The summed E-state index contributed by atoms with van der Waals surface area (Å²) in [5, 5.41) is 18.1. The molecule has 0 radical (unpaired) electrons. The topological polar surface area (TPSA) is 52.8 Å². The summed E-state index contributed by atoms with van der Waals surface area (Å²) < 4.78 is 0. The monoisotopic (exact) mass is 129 g/mol. The van der Waals surface area contributed by atoms with Crippen molar-refractivity contribution in [2.75, 3.05) is 0 Å². The normalized spacial score (nSPS) is 43.1. The van der Waals surface area contributed by atoms with Gasteiger partial charge in [-0.3, -0.25) is 4.99 Å². The van der Waals surface area contributed by atoms with E-state index in [0.717, 1.165) is 0 Å². The number of nitrogens with zero attached hydrogens (tertiary/aromatic N) is 1. The summed E-state index contributed by atoms with van der Waals surface area (Å²) in [7, 11) is 0. The second-order valence-electron chi connectivity index (χ2n) is 2.45. The molecule has 1 heterocycles. The van der Waals surface area contributed by atoms with E-state index in [1.54, 1.807) is 13.8 Å². The van der Waals surface area contributed by atoms with Crippen molar-refractivity contribution in [2.45, 2.75) is 32.1 Å². The first-order chi connectivity index (χ1) is 4.13. The van der Waals surface area contributed by atoms with Crippen molar-refractivity contribution in [3.8, 4) is 0 Å². The van der Waals surface area contributed by atoms with Crippen LogP contribution in [-0.4, -0.2) is 34.2 Å². The molecule has 52 valence electrons. The smallest absolute Gasteiger partial charge is 0.119 e. The number of aliphatic imine (C=N–C) groups is 1. The Labute approximate surface area is 54.0 Å². The number of aliphatic hydroxyl groups excluding tert-OH is 2. The quantitative estimate of drug-likeness (QED) is 0.466. The van der Waals surface area contributed by atoms with Crippen LogP contribution in [0.25, 0.3) is 0 Å². The largest absolute Gasteiger partial charge is 0.388 e. The van der Waals surface area contributed by atoms with Crippen LogP contribution >= 0.6 is 0 Å². The Balaban J connectivity index is 2.70. The van der Waals surface area contributed by atoms with E-state index in [4.69, 9.17) is 10.2 Å². The third kappa shape index (κ3) is 0.976. The predicted octanol–water partition coefficient (Wildman–Crippen LogP) is -0.429. The van der Waals surface area contributed by atoms with Crippen LogP contribution in [-0.2, 0) is 0 Å². The molecule has 3 heteroatoms. The summed E-state index contributed by atoms with van der Waals surface area (Å²) in [6.45, 7) is 3.50. The Morgan fingerprint density at radius 3 is 2.11 bits per heavy atom. The van der Waals surface area contributed by atoms with Gasteiger partial charge in [0.2, 0.25) is 0 Å². The third-order valence-electron chi connectivity index (χ3n) is 1.65. The molecule has 2 N–H and O–H groups in total. The molecule has 3 atom stereocenters. The van der Waals surface area contributed by atoms with Gasteiger partial charge in [-0.25, -0.2) is 0 Å². The lowest BCUT2D eigenvalue weighted by Crippen LogP contribution is -2.31. The van der Waals surface area contributed by atoms with Crippen molar-refractivity contribution in [1.29, 1.82) is 0 Å². The summed E-state index contributed by atoms with van der Waals surface area (Å²) in [6.07, 6.45) is -1.43. The van der Waals surface area contributed by atoms with Gasteiger partial charge in [0.15, 0.2) is 0 Å². The van der Waals surface area contributed by atoms with Crippen molar-refractivity contribution in [3.63, 3.8) is 0 Å². The van der Waals surface area contributed by atoms with Gasteiger partial charge in [0.25, 0.3) is 0 Å². The van der Waals surface area contributed by atoms with Gasteiger partial charge in [-0.2, -0.15) is 0 Å². The molecular formula is C6H11NO2. The van der Waals surface area contributed by atoms with Gasteiger partial charge in [0.05, 0.1) is 6.04 Å². The van der Waals surface area contributed by atoms with Crippen molar-refractivity contribution in [2.24, 2.45) is 4.99 Å². The van der Waals surface area contributed by atoms with Crippen LogP contribution in [0.5, 0.6) is 0 Å². The lowest BCUT2D eigenvalue weighted by molar-refractivity contribution is 0.0589. The number of rotatable bonds is 0. The minimum absolute atomic E-state index is 0.139. The minimum atomic E-state index is -0.736.